The van der Waals surface area contributed by atoms with Gasteiger partial charge in [0.2, 0.25) is 0 Å². The van der Waals surface area contributed by atoms with Gasteiger partial charge in [0.25, 0.3) is 0 Å². The topological polar surface area (TPSA) is 0 Å². The Morgan fingerprint density at radius 2 is 1.38 bits per heavy atom. The van der Waals surface area contributed by atoms with Crippen LogP contribution in [0.5, 0.6) is 0 Å². The predicted molar refractivity (Wildman–Crippen MR) is 71.0 cm³/mol. The lowest BCUT2D eigenvalue weighted by molar-refractivity contribution is 1.65. The van der Waals surface area contributed by atoms with Crippen molar-refractivity contribution in [1.29, 1.82) is 0 Å². The van der Waals surface area contributed by atoms with E-state index in [2.05, 4.69) is 0 Å². The molecule has 2 aromatic rings. The molecule has 0 radical (unpaired) electrons. The summed E-state index contributed by atoms with van der Waals surface area (Å²) in [7, 11) is 0. The fourth-order valence-corrected chi connectivity index (χ4v) is 1.23. The van der Waals surface area contributed by atoms with Gasteiger partial charge in [0, 0.05) is 0 Å². The smallest absolute Gasteiger partial charge is 0.0622 e. The second-order valence-electron chi connectivity index (χ2n) is 3.17. The minimum absolute atomic E-state index is 0.189. The minimum atomic E-state index is -0.373. The lowest BCUT2D eigenvalue weighted by Gasteiger charge is -1.90. The van der Waals surface area contributed by atoms with Gasteiger partial charge in [0.1, 0.15) is 0 Å². The molecule has 0 amide bonds. The highest BCUT2D eigenvalue weighted by Gasteiger charge is 1.81. The molecular formula is C16H14. The zero-order chi connectivity index (χ0) is 15.4. The quantitative estimate of drug-likeness (QED) is 0.659. The van der Waals surface area contributed by atoms with Gasteiger partial charge >= 0.3 is 0 Å². The first kappa shape index (κ1) is 5.86. The third-order valence-corrected chi connectivity index (χ3v) is 1.98. The molecule has 2 aromatic carbocycles. The van der Waals surface area contributed by atoms with Crippen molar-refractivity contribution in [3.05, 3.63) is 83.8 Å². The van der Waals surface area contributed by atoms with Crippen LogP contribution in [0.1, 0.15) is 18.0 Å². The summed E-state index contributed by atoms with van der Waals surface area (Å²) in [5.41, 5.74) is 1.22. The lowest BCUT2D eigenvalue weighted by Crippen LogP contribution is -1.68. The molecule has 0 saturated heterocycles. The molecule has 0 bridgehead atoms. The maximum atomic E-state index is 7.79. The van der Waals surface area contributed by atoms with Crippen molar-refractivity contribution in [2.75, 3.05) is 0 Å². The van der Waals surface area contributed by atoms with Gasteiger partial charge in [-0.15, -0.1) is 0 Å². The summed E-state index contributed by atoms with van der Waals surface area (Å²) in [4.78, 5) is 0. The minimum Gasteiger partial charge on any atom is -0.0622 e. The van der Waals surface area contributed by atoms with Crippen LogP contribution in [0.3, 0.4) is 0 Å². The zero-order valence-electron chi connectivity index (χ0n) is 13.7. The highest BCUT2D eigenvalue weighted by molar-refractivity contribution is 5.56. The molecule has 0 N–H and O–H groups in total. The zero-order valence-corrected chi connectivity index (χ0v) is 8.70. The fraction of sp³-hybridized carbons (Fsp3) is 0. The molecule has 0 atom stereocenters. The van der Waals surface area contributed by atoms with Crippen molar-refractivity contribution in [3.63, 3.8) is 0 Å². The van der Waals surface area contributed by atoms with E-state index in [1.165, 1.54) is 6.08 Å². The number of allylic oxidation sites excluding steroid dienone is 2. The van der Waals surface area contributed by atoms with Crippen LogP contribution >= 0.6 is 0 Å². The van der Waals surface area contributed by atoms with Crippen LogP contribution in [0.25, 0.3) is 12.2 Å². The molecule has 0 aliphatic heterocycles. The standard InChI is InChI=1S/C16H14/c1-3-9-15(10-4-1)13-7-8-14-16-11-5-2-6-12-16/h1-14H/b13-7+,14-8+/i1D,3D,4D,9D,10D. The Morgan fingerprint density at radius 1 is 0.750 bits per heavy atom. The molecule has 0 aliphatic carbocycles. The van der Waals surface area contributed by atoms with E-state index in [9.17, 15) is 0 Å². The van der Waals surface area contributed by atoms with E-state index >= 15 is 0 Å². The van der Waals surface area contributed by atoms with Crippen LogP contribution < -0.4 is 0 Å². The van der Waals surface area contributed by atoms with Crippen molar-refractivity contribution in [3.8, 4) is 0 Å². The predicted octanol–water partition coefficient (Wildman–Crippen LogP) is 4.41. The Bertz CT molecular complexity index is 673. The summed E-state index contributed by atoms with van der Waals surface area (Å²) in [5.74, 6) is 0. The van der Waals surface area contributed by atoms with E-state index in [4.69, 9.17) is 6.85 Å². The molecule has 0 aromatic heterocycles. The Balaban J connectivity index is 2.28. The van der Waals surface area contributed by atoms with E-state index in [0.717, 1.165) is 5.56 Å². The third kappa shape index (κ3) is 3.25. The van der Waals surface area contributed by atoms with Crippen LogP contribution in [-0.4, -0.2) is 0 Å². The van der Waals surface area contributed by atoms with Gasteiger partial charge in [-0.2, -0.15) is 0 Å². The molecule has 0 heteroatoms. The summed E-state index contributed by atoms with van der Waals surface area (Å²) in [5, 5.41) is 0. The van der Waals surface area contributed by atoms with Crippen molar-refractivity contribution in [1.82, 2.24) is 0 Å². The Labute approximate surface area is 104 Å². The SMILES string of the molecule is [2H]c1c([2H])c([2H])c(/C=C/C=C/c2ccccc2)c([2H])c1[2H]. The molecular weight excluding hydrogens is 192 g/mol. The van der Waals surface area contributed by atoms with Gasteiger partial charge in [0.15, 0.2) is 0 Å². The van der Waals surface area contributed by atoms with Gasteiger partial charge in [-0.25, -0.2) is 0 Å². The monoisotopic (exact) mass is 211 g/mol. The summed E-state index contributed by atoms with van der Waals surface area (Å²) in [6.07, 6.45) is 6.85. The number of hydrogen-bond donors (Lipinski definition) is 0. The van der Waals surface area contributed by atoms with E-state index in [0.29, 0.717) is 0 Å². The molecule has 0 aliphatic rings. The average Bonchev–Trinajstić information content (AvgIpc) is 2.51. The fourth-order valence-electron chi connectivity index (χ4n) is 1.23. The second kappa shape index (κ2) is 5.72. The van der Waals surface area contributed by atoms with Crippen molar-refractivity contribution < 1.29 is 6.85 Å². The van der Waals surface area contributed by atoms with E-state index in [-0.39, 0.29) is 35.8 Å². The molecule has 0 nitrogen and oxygen atoms in total. The van der Waals surface area contributed by atoms with Crippen LogP contribution in [0.15, 0.2) is 72.7 Å². The normalized spacial score (nSPS) is 15.6. The van der Waals surface area contributed by atoms with Gasteiger partial charge in [-0.3, -0.25) is 0 Å². The molecule has 2 rings (SSSR count). The van der Waals surface area contributed by atoms with Crippen molar-refractivity contribution >= 4 is 12.2 Å². The first-order chi connectivity index (χ1) is 10.0. The lowest BCUT2D eigenvalue weighted by atomic mass is 10.2. The van der Waals surface area contributed by atoms with Crippen LogP contribution in [0.2, 0.25) is 0 Å². The largest absolute Gasteiger partial charge is 0.0629 e. The van der Waals surface area contributed by atoms with Crippen molar-refractivity contribution in [2.45, 2.75) is 0 Å². The Kier molecular flexibility index (Phi) is 2.09. The first-order valence-corrected chi connectivity index (χ1v) is 4.99. The average molecular weight is 211 g/mol. The maximum Gasteiger partial charge on any atom is 0.0629 e. The molecule has 16 heavy (non-hydrogen) atoms. The van der Waals surface area contributed by atoms with E-state index in [1.807, 2.05) is 36.4 Å². The van der Waals surface area contributed by atoms with Gasteiger partial charge in [-0.1, -0.05) is 84.8 Å². The molecule has 0 unspecified atom stereocenters. The summed E-state index contributed by atoms with van der Waals surface area (Å²) in [6, 6.07) is 8.31. The maximum absolute atomic E-state index is 7.79. The molecule has 78 valence electrons. The second-order valence-corrected chi connectivity index (χ2v) is 3.17. The van der Waals surface area contributed by atoms with Gasteiger partial charge < -0.3 is 0 Å². The summed E-state index contributed by atoms with van der Waals surface area (Å²) < 4.78 is 38.3. The number of hydrogen-bond acceptors (Lipinski definition) is 0. The van der Waals surface area contributed by atoms with Crippen molar-refractivity contribution in [2.24, 2.45) is 0 Å². The Hall–Kier alpha value is -2.08. The number of rotatable bonds is 3. The summed E-state index contributed by atoms with van der Waals surface area (Å²) in [6.45, 7) is 0. The molecule has 0 fully saturated rings. The third-order valence-electron chi connectivity index (χ3n) is 1.98. The molecule has 0 heterocycles. The first-order valence-electron chi connectivity index (χ1n) is 7.49. The highest BCUT2D eigenvalue weighted by Crippen LogP contribution is 2.03. The van der Waals surface area contributed by atoms with E-state index in [1.54, 1.807) is 12.2 Å². The molecule has 0 saturated carbocycles. The van der Waals surface area contributed by atoms with Crippen LogP contribution in [0, 0.1) is 0 Å². The van der Waals surface area contributed by atoms with Crippen LogP contribution in [-0.2, 0) is 0 Å². The van der Waals surface area contributed by atoms with Crippen LogP contribution in [0.4, 0.5) is 0 Å². The number of benzene rings is 2. The van der Waals surface area contributed by atoms with Gasteiger partial charge in [0.05, 0.1) is 6.85 Å². The summed E-state index contributed by atoms with van der Waals surface area (Å²) >= 11 is 0. The Morgan fingerprint density at radius 3 is 2.06 bits per heavy atom. The highest BCUT2D eigenvalue weighted by atomic mass is 13.9. The van der Waals surface area contributed by atoms with Gasteiger partial charge in [-0.05, 0) is 11.1 Å². The molecule has 0 spiro atoms. The van der Waals surface area contributed by atoms with E-state index < -0.39 is 0 Å².